The van der Waals surface area contributed by atoms with Gasteiger partial charge >= 0.3 is 0 Å². The zero-order valence-corrected chi connectivity index (χ0v) is 14.0. The molecule has 21 heavy (non-hydrogen) atoms. The highest BCUT2D eigenvalue weighted by Crippen LogP contribution is 2.27. The van der Waals surface area contributed by atoms with Crippen LogP contribution in [0.5, 0.6) is 0 Å². The molecule has 2 rings (SSSR count). The molecule has 1 heterocycles. The van der Waals surface area contributed by atoms with Crippen LogP contribution in [-0.4, -0.2) is 42.5 Å². The van der Waals surface area contributed by atoms with Crippen molar-refractivity contribution in [1.82, 2.24) is 14.7 Å². The molecule has 1 aliphatic carbocycles. The third-order valence-corrected chi connectivity index (χ3v) is 6.12. The molecule has 0 aliphatic heterocycles. The monoisotopic (exact) mass is 330 g/mol. The molecule has 6 nitrogen and oxygen atoms in total. The summed E-state index contributed by atoms with van der Waals surface area (Å²) in [7, 11) is -3.54. The van der Waals surface area contributed by atoms with Gasteiger partial charge in [-0.25, -0.2) is 23.1 Å². The molecule has 2 atom stereocenters. The van der Waals surface area contributed by atoms with Gasteiger partial charge in [-0.2, -0.15) is 11.8 Å². The molecule has 2 N–H and O–H groups in total. The Labute approximate surface area is 130 Å². The second-order valence-electron chi connectivity index (χ2n) is 5.12. The van der Waals surface area contributed by atoms with Crippen molar-refractivity contribution in [3.63, 3.8) is 0 Å². The van der Waals surface area contributed by atoms with Crippen LogP contribution in [0, 0.1) is 0 Å². The number of hydrogen-bond acceptors (Lipinski definition) is 6. The largest absolute Gasteiger partial charge is 0.355 e. The van der Waals surface area contributed by atoms with Crippen LogP contribution in [0.1, 0.15) is 32.6 Å². The van der Waals surface area contributed by atoms with Crippen molar-refractivity contribution in [2.75, 3.05) is 18.1 Å². The number of nitrogens with one attached hydrogen (secondary N) is 2. The van der Waals surface area contributed by atoms with E-state index in [9.17, 15) is 8.42 Å². The van der Waals surface area contributed by atoms with Gasteiger partial charge in [0, 0.05) is 17.8 Å². The molecule has 1 fully saturated rings. The fraction of sp³-hybridized carbons (Fsp3) is 0.692. The summed E-state index contributed by atoms with van der Waals surface area (Å²) in [6.45, 7) is 2.63. The molecular formula is C13H22N4O2S2. The van der Waals surface area contributed by atoms with Crippen LogP contribution >= 0.6 is 11.8 Å². The Hall–Kier alpha value is -0.860. The highest BCUT2D eigenvalue weighted by molar-refractivity contribution is 7.99. The minimum Gasteiger partial charge on any atom is -0.355 e. The van der Waals surface area contributed by atoms with Gasteiger partial charge in [-0.15, -0.1) is 0 Å². The molecule has 0 aromatic carbocycles. The zero-order valence-electron chi connectivity index (χ0n) is 12.4. The maximum Gasteiger partial charge on any atom is 0.243 e. The number of hydrogen-bond donors (Lipinski definition) is 2. The van der Waals surface area contributed by atoms with Crippen molar-refractivity contribution in [3.05, 3.63) is 12.4 Å². The summed E-state index contributed by atoms with van der Waals surface area (Å²) in [4.78, 5) is 8.15. The van der Waals surface area contributed by atoms with E-state index >= 15 is 0 Å². The van der Waals surface area contributed by atoms with E-state index < -0.39 is 10.0 Å². The molecule has 0 spiro atoms. The zero-order chi connectivity index (χ0) is 15.3. The molecule has 0 amide bonds. The van der Waals surface area contributed by atoms with Crippen LogP contribution in [0.3, 0.4) is 0 Å². The number of sulfonamides is 1. The molecule has 1 aliphatic rings. The van der Waals surface area contributed by atoms with Gasteiger partial charge in [0.25, 0.3) is 0 Å². The van der Waals surface area contributed by atoms with Gasteiger partial charge in [0.1, 0.15) is 4.90 Å². The van der Waals surface area contributed by atoms with Gasteiger partial charge in [0.2, 0.25) is 16.0 Å². The van der Waals surface area contributed by atoms with Crippen LogP contribution in [-0.2, 0) is 10.0 Å². The van der Waals surface area contributed by atoms with Crippen molar-refractivity contribution < 1.29 is 8.42 Å². The van der Waals surface area contributed by atoms with E-state index in [-0.39, 0.29) is 10.9 Å². The van der Waals surface area contributed by atoms with Crippen molar-refractivity contribution in [2.24, 2.45) is 0 Å². The minimum atomic E-state index is -3.54. The summed E-state index contributed by atoms with van der Waals surface area (Å²) in [6, 6.07) is 0.00893. The molecule has 8 heteroatoms. The topological polar surface area (TPSA) is 84.0 Å². The van der Waals surface area contributed by atoms with Crippen LogP contribution < -0.4 is 10.0 Å². The maximum absolute atomic E-state index is 12.3. The molecule has 0 saturated heterocycles. The Morgan fingerprint density at radius 2 is 2.05 bits per heavy atom. The standard InChI is InChI=1S/C13H22N4O2S2/c1-3-14-13-15-8-12(9-16-13)21(18,19)17-10-5-4-6-11(7-10)20-2/h8-11,17H,3-7H2,1-2H3,(H,14,15,16). The molecule has 2 unspecified atom stereocenters. The number of rotatable bonds is 6. The number of aromatic nitrogens is 2. The average molecular weight is 330 g/mol. The molecule has 1 aromatic rings. The van der Waals surface area contributed by atoms with E-state index in [1.54, 1.807) is 0 Å². The summed E-state index contributed by atoms with van der Waals surface area (Å²) < 4.78 is 27.5. The fourth-order valence-electron chi connectivity index (χ4n) is 2.46. The van der Waals surface area contributed by atoms with E-state index in [1.807, 2.05) is 18.7 Å². The van der Waals surface area contributed by atoms with Gasteiger partial charge in [-0.3, -0.25) is 0 Å². The Morgan fingerprint density at radius 3 is 2.67 bits per heavy atom. The number of nitrogens with zero attached hydrogens (tertiary/aromatic N) is 2. The molecule has 0 bridgehead atoms. The van der Waals surface area contributed by atoms with E-state index in [1.165, 1.54) is 18.8 Å². The van der Waals surface area contributed by atoms with Gasteiger partial charge in [0.15, 0.2) is 0 Å². The maximum atomic E-state index is 12.3. The van der Waals surface area contributed by atoms with E-state index in [0.29, 0.717) is 17.7 Å². The first-order chi connectivity index (χ1) is 10.0. The SMILES string of the molecule is CCNc1ncc(S(=O)(=O)NC2CCCC(SC)C2)cn1. The lowest BCUT2D eigenvalue weighted by Crippen LogP contribution is -2.39. The Morgan fingerprint density at radius 1 is 1.33 bits per heavy atom. The Bertz CT molecular complexity index is 548. The summed E-state index contributed by atoms with van der Waals surface area (Å²) in [5, 5.41) is 3.48. The summed E-state index contributed by atoms with van der Waals surface area (Å²) in [5.41, 5.74) is 0. The second kappa shape index (κ2) is 7.42. The summed E-state index contributed by atoms with van der Waals surface area (Å²) >= 11 is 1.81. The molecule has 118 valence electrons. The van der Waals surface area contributed by atoms with Crippen molar-refractivity contribution in [2.45, 2.75) is 48.8 Å². The molecule has 1 saturated carbocycles. The number of thioether (sulfide) groups is 1. The first-order valence-corrected chi connectivity index (χ1v) is 9.93. The van der Waals surface area contributed by atoms with Crippen LogP contribution in [0.2, 0.25) is 0 Å². The van der Waals surface area contributed by atoms with Crippen LogP contribution in [0.4, 0.5) is 5.95 Å². The van der Waals surface area contributed by atoms with Crippen molar-refractivity contribution in [3.8, 4) is 0 Å². The van der Waals surface area contributed by atoms with Gasteiger partial charge in [-0.1, -0.05) is 6.42 Å². The lowest BCUT2D eigenvalue weighted by molar-refractivity contribution is 0.420. The lowest BCUT2D eigenvalue weighted by atomic mass is 9.96. The van der Waals surface area contributed by atoms with Gasteiger partial charge in [0.05, 0.1) is 12.4 Å². The smallest absolute Gasteiger partial charge is 0.243 e. The van der Waals surface area contributed by atoms with Gasteiger partial charge in [-0.05, 0) is 32.4 Å². The molecule has 1 aromatic heterocycles. The van der Waals surface area contributed by atoms with Crippen LogP contribution in [0.15, 0.2) is 17.3 Å². The quantitative estimate of drug-likeness (QED) is 0.828. The molecule has 0 radical (unpaired) electrons. The number of anilines is 1. The summed E-state index contributed by atoms with van der Waals surface area (Å²) in [6.07, 6.45) is 8.79. The fourth-order valence-corrected chi connectivity index (χ4v) is 4.46. The normalized spacial score (nSPS) is 23.0. The average Bonchev–Trinajstić information content (AvgIpc) is 2.48. The van der Waals surface area contributed by atoms with Crippen molar-refractivity contribution in [1.29, 1.82) is 0 Å². The third kappa shape index (κ3) is 4.55. The third-order valence-electron chi connectivity index (χ3n) is 3.55. The van der Waals surface area contributed by atoms with E-state index in [4.69, 9.17) is 0 Å². The predicted molar refractivity (Wildman–Crippen MR) is 86.1 cm³/mol. The van der Waals surface area contributed by atoms with E-state index in [0.717, 1.165) is 19.3 Å². The first-order valence-electron chi connectivity index (χ1n) is 7.16. The highest BCUT2D eigenvalue weighted by atomic mass is 32.2. The summed E-state index contributed by atoms with van der Waals surface area (Å²) in [5.74, 6) is 0.441. The minimum absolute atomic E-state index is 0.00893. The van der Waals surface area contributed by atoms with Gasteiger partial charge < -0.3 is 5.32 Å². The molecular weight excluding hydrogens is 308 g/mol. The van der Waals surface area contributed by atoms with Crippen LogP contribution in [0.25, 0.3) is 0 Å². The Balaban J connectivity index is 2.03. The predicted octanol–water partition coefficient (Wildman–Crippen LogP) is 1.86. The lowest BCUT2D eigenvalue weighted by Gasteiger charge is -2.28. The van der Waals surface area contributed by atoms with E-state index in [2.05, 4.69) is 26.3 Å². The highest BCUT2D eigenvalue weighted by Gasteiger charge is 2.26. The van der Waals surface area contributed by atoms with Crippen molar-refractivity contribution >= 4 is 27.7 Å². The first kappa shape index (κ1) is 16.5. The Kier molecular flexibility index (Phi) is 5.83. The second-order valence-corrected chi connectivity index (χ2v) is 7.97.